The van der Waals surface area contributed by atoms with Gasteiger partial charge in [0.05, 0.1) is 10.5 Å². The minimum atomic E-state index is -0.615. The molecule has 0 N–H and O–H groups in total. The number of rotatable bonds is 4. The number of nitro benzene ring substituents is 1. The van der Waals surface area contributed by atoms with E-state index in [4.69, 9.17) is 4.74 Å². The summed E-state index contributed by atoms with van der Waals surface area (Å²) >= 11 is 3.12. The molecule has 0 atom stereocenters. The van der Waals surface area contributed by atoms with E-state index in [2.05, 4.69) is 15.9 Å². The maximum Gasteiger partial charge on any atom is 0.270 e. The third-order valence-corrected chi connectivity index (χ3v) is 3.16. The van der Waals surface area contributed by atoms with Gasteiger partial charge in [-0.25, -0.2) is 4.39 Å². The number of hydrogen-bond donors (Lipinski definition) is 0. The number of hydrogen-bond acceptors (Lipinski definition) is 4. The predicted octanol–water partition coefficient (Wildman–Crippen LogP) is 4.49. The van der Waals surface area contributed by atoms with E-state index in [9.17, 15) is 19.3 Å². The molecular weight excluding hydrogens is 345 g/mol. The molecule has 0 spiro atoms. The van der Waals surface area contributed by atoms with E-state index in [0.717, 1.165) is 6.07 Å². The summed E-state index contributed by atoms with van der Waals surface area (Å²) in [5.41, 5.74) is -0.213. The average Bonchev–Trinajstić information content (AvgIpc) is 2.41. The van der Waals surface area contributed by atoms with Crippen LogP contribution in [0.5, 0.6) is 11.5 Å². The Morgan fingerprint density at radius 1 is 1.24 bits per heavy atom. The van der Waals surface area contributed by atoms with E-state index in [-0.39, 0.29) is 22.7 Å². The molecule has 0 aliphatic rings. The van der Waals surface area contributed by atoms with Gasteiger partial charge in [-0.15, -0.1) is 0 Å². The molecule has 2 aromatic carbocycles. The van der Waals surface area contributed by atoms with E-state index >= 15 is 0 Å². The van der Waals surface area contributed by atoms with Crippen LogP contribution in [0.15, 0.2) is 40.9 Å². The average molecular weight is 354 g/mol. The first-order valence-corrected chi connectivity index (χ1v) is 6.60. The molecule has 0 saturated heterocycles. The van der Waals surface area contributed by atoms with Crippen LogP contribution < -0.4 is 4.74 Å². The van der Waals surface area contributed by atoms with Crippen molar-refractivity contribution in [3.05, 3.63) is 62.4 Å². The molecule has 5 nitrogen and oxygen atoms in total. The van der Waals surface area contributed by atoms with E-state index in [0.29, 0.717) is 4.47 Å². The van der Waals surface area contributed by atoms with Crippen LogP contribution in [0.4, 0.5) is 10.1 Å². The van der Waals surface area contributed by atoms with Crippen molar-refractivity contribution >= 4 is 27.4 Å². The molecule has 7 heteroatoms. The lowest BCUT2D eigenvalue weighted by Crippen LogP contribution is -2.00. The van der Waals surface area contributed by atoms with Gasteiger partial charge in [0.25, 0.3) is 5.69 Å². The molecule has 0 aliphatic heterocycles. The van der Waals surface area contributed by atoms with E-state index < -0.39 is 16.5 Å². The number of nitro groups is 1. The summed E-state index contributed by atoms with van der Waals surface area (Å²) in [5, 5.41) is 10.7. The Bertz CT molecular complexity index is 733. The lowest BCUT2D eigenvalue weighted by Gasteiger charge is -2.10. The fraction of sp³-hybridized carbons (Fsp3) is 0.0714. The number of benzene rings is 2. The zero-order chi connectivity index (χ0) is 15.6. The van der Waals surface area contributed by atoms with Gasteiger partial charge in [0.1, 0.15) is 5.75 Å². The van der Waals surface area contributed by atoms with Crippen LogP contribution >= 0.6 is 15.9 Å². The Labute approximate surface area is 127 Å². The number of halogens is 2. The van der Waals surface area contributed by atoms with Crippen molar-refractivity contribution in [1.82, 2.24) is 0 Å². The molecule has 0 bridgehead atoms. The van der Waals surface area contributed by atoms with Gasteiger partial charge >= 0.3 is 0 Å². The normalized spacial score (nSPS) is 10.2. The van der Waals surface area contributed by atoms with Crippen molar-refractivity contribution in [3.63, 3.8) is 0 Å². The van der Waals surface area contributed by atoms with Crippen molar-refractivity contribution in [3.8, 4) is 11.5 Å². The summed E-state index contributed by atoms with van der Waals surface area (Å²) in [6.07, 6.45) is 0. The van der Waals surface area contributed by atoms with Gasteiger partial charge < -0.3 is 4.74 Å². The first-order valence-electron chi connectivity index (χ1n) is 5.81. The van der Waals surface area contributed by atoms with Crippen molar-refractivity contribution in [2.75, 3.05) is 0 Å². The van der Waals surface area contributed by atoms with Gasteiger partial charge in [-0.2, -0.15) is 0 Å². The number of carbonyl (C=O) groups is 1. The van der Waals surface area contributed by atoms with Gasteiger partial charge in [0, 0.05) is 16.6 Å². The van der Waals surface area contributed by atoms with E-state index in [1.807, 2.05) is 0 Å². The molecule has 108 valence electrons. The van der Waals surface area contributed by atoms with E-state index in [1.165, 1.54) is 31.2 Å². The number of ketones is 1. The maximum atomic E-state index is 13.7. The maximum absolute atomic E-state index is 13.7. The number of ether oxygens (including phenoxy) is 1. The van der Waals surface area contributed by atoms with Crippen LogP contribution in [0.2, 0.25) is 0 Å². The molecular formula is C14H9BrFNO4. The van der Waals surface area contributed by atoms with Gasteiger partial charge in [0.2, 0.25) is 0 Å². The highest BCUT2D eigenvalue weighted by Crippen LogP contribution is 2.31. The second-order valence-electron chi connectivity index (χ2n) is 4.17. The Hall–Kier alpha value is -2.28. The van der Waals surface area contributed by atoms with Crippen LogP contribution in [-0.2, 0) is 0 Å². The fourth-order valence-corrected chi connectivity index (χ4v) is 2.01. The Kier molecular flexibility index (Phi) is 4.32. The minimum Gasteiger partial charge on any atom is -0.454 e. The van der Waals surface area contributed by atoms with Crippen molar-refractivity contribution < 1.29 is 18.8 Å². The Balaban J connectivity index is 2.44. The lowest BCUT2D eigenvalue weighted by atomic mass is 10.1. The Morgan fingerprint density at radius 3 is 2.48 bits per heavy atom. The third kappa shape index (κ3) is 3.43. The van der Waals surface area contributed by atoms with Crippen LogP contribution in [0.3, 0.4) is 0 Å². The van der Waals surface area contributed by atoms with Crippen molar-refractivity contribution in [2.45, 2.75) is 6.92 Å². The van der Waals surface area contributed by atoms with Gasteiger partial charge in [-0.1, -0.05) is 15.9 Å². The highest BCUT2D eigenvalue weighted by Gasteiger charge is 2.16. The van der Waals surface area contributed by atoms with Crippen LogP contribution in [0, 0.1) is 15.9 Å². The molecule has 0 heterocycles. The summed E-state index contributed by atoms with van der Waals surface area (Å²) in [4.78, 5) is 21.7. The molecule has 0 saturated carbocycles. The first kappa shape index (κ1) is 15.1. The standard InChI is InChI=1S/C14H9BrFNO4/c1-8(18)11-7-10(17(19)20)3-5-13(11)21-14-4-2-9(15)6-12(14)16/h2-7H,1H3. The van der Waals surface area contributed by atoms with Crippen LogP contribution in [0.25, 0.3) is 0 Å². The second kappa shape index (κ2) is 6.01. The van der Waals surface area contributed by atoms with Crippen molar-refractivity contribution in [2.24, 2.45) is 0 Å². The monoisotopic (exact) mass is 353 g/mol. The highest BCUT2D eigenvalue weighted by atomic mass is 79.9. The number of nitrogens with zero attached hydrogens (tertiary/aromatic N) is 1. The first-order chi connectivity index (χ1) is 9.88. The number of non-ortho nitro benzene ring substituents is 1. The lowest BCUT2D eigenvalue weighted by molar-refractivity contribution is -0.384. The molecule has 21 heavy (non-hydrogen) atoms. The number of carbonyl (C=O) groups excluding carboxylic acids is 1. The zero-order valence-electron chi connectivity index (χ0n) is 10.8. The Morgan fingerprint density at radius 2 is 1.90 bits per heavy atom. The molecule has 0 unspecified atom stereocenters. The van der Waals surface area contributed by atoms with Gasteiger partial charge in [-0.3, -0.25) is 14.9 Å². The summed E-state index contributed by atoms with van der Waals surface area (Å²) in [6, 6.07) is 7.76. The minimum absolute atomic E-state index is 0.0199. The van der Waals surface area contributed by atoms with Crippen LogP contribution in [0.1, 0.15) is 17.3 Å². The zero-order valence-corrected chi connectivity index (χ0v) is 12.4. The molecule has 2 aromatic rings. The molecule has 2 rings (SSSR count). The quantitative estimate of drug-likeness (QED) is 0.461. The summed E-state index contributed by atoms with van der Waals surface area (Å²) in [6.45, 7) is 1.25. The summed E-state index contributed by atoms with van der Waals surface area (Å²) in [5.74, 6) is -1.03. The van der Waals surface area contributed by atoms with Gasteiger partial charge in [-0.05, 0) is 31.2 Å². The second-order valence-corrected chi connectivity index (χ2v) is 5.09. The molecule has 0 radical (unpaired) electrons. The third-order valence-electron chi connectivity index (χ3n) is 2.67. The SMILES string of the molecule is CC(=O)c1cc([N+](=O)[O-])ccc1Oc1ccc(Br)cc1F. The topological polar surface area (TPSA) is 69.4 Å². The molecule has 0 amide bonds. The van der Waals surface area contributed by atoms with Crippen molar-refractivity contribution in [1.29, 1.82) is 0 Å². The van der Waals surface area contributed by atoms with Gasteiger partial charge in [0.15, 0.2) is 17.3 Å². The smallest absolute Gasteiger partial charge is 0.270 e. The molecule has 0 fully saturated rings. The fourth-order valence-electron chi connectivity index (χ4n) is 1.67. The summed E-state index contributed by atoms with van der Waals surface area (Å²) < 4.78 is 19.6. The predicted molar refractivity (Wildman–Crippen MR) is 77.3 cm³/mol. The molecule has 0 aliphatic carbocycles. The highest BCUT2D eigenvalue weighted by molar-refractivity contribution is 9.10. The summed E-state index contributed by atoms with van der Waals surface area (Å²) in [7, 11) is 0. The number of Topliss-reactive ketones (excluding diaryl/α,β-unsaturated/α-hetero) is 1. The van der Waals surface area contributed by atoms with E-state index in [1.54, 1.807) is 6.07 Å². The van der Waals surface area contributed by atoms with Crippen LogP contribution in [-0.4, -0.2) is 10.7 Å². The largest absolute Gasteiger partial charge is 0.454 e. The molecule has 0 aromatic heterocycles.